The largest absolute Gasteiger partial charge is 0.384 e. The van der Waals surface area contributed by atoms with Gasteiger partial charge in [-0.2, -0.15) is 0 Å². The molecule has 2 aliphatic heterocycles. The predicted molar refractivity (Wildman–Crippen MR) is 131 cm³/mol. The number of hydrogen-bond acceptors (Lipinski definition) is 8. The average molecular weight is 504 g/mol. The smallest absolute Gasteiger partial charge is 0.234 e. The maximum atomic E-state index is 13.2. The minimum absolute atomic E-state index is 0.00598. The first-order chi connectivity index (χ1) is 17.2. The van der Waals surface area contributed by atoms with Crippen LogP contribution in [0.4, 0.5) is 0 Å². The molecule has 2 fully saturated rings. The van der Waals surface area contributed by atoms with Crippen LogP contribution in [0, 0.1) is 5.92 Å². The van der Waals surface area contributed by atoms with E-state index in [1.165, 1.54) is 7.11 Å². The molecule has 0 aliphatic carbocycles. The third-order valence-electron chi connectivity index (χ3n) is 6.53. The molecule has 2 heterocycles. The minimum atomic E-state index is -0.904. The van der Waals surface area contributed by atoms with Crippen molar-refractivity contribution in [2.45, 2.75) is 44.4 Å². The van der Waals surface area contributed by atoms with Crippen LogP contribution in [-0.2, 0) is 39.8 Å². The van der Waals surface area contributed by atoms with E-state index in [1.807, 2.05) is 35.2 Å². The van der Waals surface area contributed by atoms with E-state index in [1.54, 1.807) is 13.8 Å². The molecule has 36 heavy (non-hydrogen) atoms. The van der Waals surface area contributed by atoms with E-state index in [0.717, 1.165) is 5.56 Å². The summed E-state index contributed by atoms with van der Waals surface area (Å²) in [5, 5.41) is 5.55. The predicted octanol–water partition coefficient (Wildman–Crippen LogP) is 0.131. The average Bonchev–Trinajstić information content (AvgIpc) is 3.62. The molecule has 2 aliphatic rings. The molecule has 2 N–H and O–H groups in total. The standard InChI is InChI=1S/C26H37N3O7/c1-18(27-23(31)15-29-9-11-35-12-10-29)22(30)14-20(16-34-3)25(33)28-21(24(32)26(2)17-36-26)13-19-7-5-4-6-8-19/h4-8,18,20-21H,9-17H2,1-3H3,(H,27,31)(H,28,33)/t18-,20-,21-,26+/m0/s1. The summed E-state index contributed by atoms with van der Waals surface area (Å²) in [6.45, 7) is 6.31. The Balaban J connectivity index is 1.58. The molecule has 0 unspecified atom stereocenters. The Labute approximate surface area is 212 Å². The highest BCUT2D eigenvalue weighted by Gasteiger charge is 2.50. The van der Waals surface area contributed by atoms with Gasteiger partial charge in [0.05, 0.1) is 51.0 Å². The van der Waals surface area contributed by atoms with Gasteiger partial charge in [-0.1, -0.05) is 30.3 Å². The van der Waals surface area contributed by atoms with Crippen molar-refractivity contribution in [3.63, 3.8) is 0 Å². The third-order valence-corrected chi connectivity index (χ3v) is 6.53. The summed E-state index contributed by atoms with van der Waals surface area (Å²) < 4.78 is 15.8. The van der Waals surface area contributed by atoms with E-state index < -0.39 is 29.5 Å². The van der Waals surface area contributed by atoms with Crippen LogP contribution < -0.4 is 10.6 Å². The highest BCUT2D eigenvalue weighted by Crippen LogP contribution is 2.29. The van der Waals surface area contributed by atoms with Crippen molar-refractivity contribution in [3.05, 3.63) is 35.9 Å². The van der Waals surface area contributed by atoms with Crippen LogP contribution in [0.1, 0.15) is 25.8 Å². The fourth-order valence-corrected chi connectivity index (χ4v) is 4.15. The lowest BCUT2D eigenvalue weighted by Crippen LogP contribution is -2.51. The van der Waals surface area contributed by atoms with Gasteiger partial charge >= 0.3 is 0 Å². The highest BCUT2D eigenvalue weighted by atomic mass is 16.6. The number of methoxy groups -OCH3 is 1. The molecule has 1 aromatic rings. The van der Waals surface area contributed by atoms with Crippen LogP contribution in [0.3, 0.4) is 0 Å². The molecule has 1 aromatic carbocycles. The number of carbonyl (C=O) groups excluding carboxylic acids is 4. The SMILES string of the molecule is COC[C@H](CC(=O)[C@H](C)NC(=O)CN1CCOCC1)C(=O)N[C@@H](Cc1ccccc1)C(=O)[C@@]1(C)CO1. The molecule has 0 saturated carbocycles. The first-order valence-corrected chi connectivity index (χ1v) is 12.4. The minimum Gasteiger partial charge on any atom is -0.384 e. The first-order valence-electron chi connectivity index (χ1n) is 12.4. The summed E-state index contributed by atoms with van der Waals surface area (Å²) in [5.74, 6) is -2.00. The van der Waals surface area contributed by atoms with Gasteiger partial charge in [-0.3, -0.25) is 24.1 Å². The van der Waals surface area contributed by atoms with E-state index in [9.17, 15) is 19.2 Å². The van der Waals surface area contributed by atoms with Gasteiger partial charge in [-0.05, 0) is 25.8 Å². The number of benzene rings is 1. The van der Waals surface area contributed by atoms with Gasteiger partial charge in [-0.15, -0.1) is 0 Å². The molecule has 10 heteroatoms. The number of morpholine rings is 1. The molecule has 0 bridgehead atoms. The quantitative estimate of drug-likeness (QED) is 0.343. The summed E-state index contributed by atoms with van der Waals surface area (Å²) >= 11 is 0. The van der Waals surface area contributed by atoms with E-state index in [2.05, 4.69) is 10.6 Å². The topological polar surface area (TPSA) is 127 Å². The van der Waals surface area contributed by atoms with Gasteiger partial charge in [0.15, 0.2) is 11.6 Å². The van der Waals surface area contributed by atoms with E-state index in [4.69, 9.17) is 14.2 Å². The van der Waals surface area contributed by atoms with Crippen molar-refractivity contribution in [1.29, 1.82) is 0 Å². The number of hydrogen-bond donors (Lipinski definition) is 2. The van der Waals surface area contributed by atoms with Crippen LogP contribution in [-0.4, -0.2) is 99.1 Å². The second kappa shape index (κ2) is 13.0. The Bertz CT molecular complexity index is 913. The molecule has 198 valence electrons. The maximum Gasteiger partial charge on any atom is 0.234 e. The Morgan fingerprint density at radius 3 is 2.39 bits per heavy atom. The first kappa shape index (κ1) is 27.9. The lowest BCUT2D eigenvalue weighted by molar-refractivity contribution is -0.135. The van der Waals surface area contributed by atoms with Gasteiger partial charge in [0.1, 0.15) is 5.60 Å². The molecular formula is C26H37N3O7. The fraction of sp³-hybridized carbons (Fsp3) is 0.615. The second-order valence-electron chi connectivity index (χ2n) is 9.64. The van der Waals surface area contributed by atoms with Gasteiger partial charge in [0.2, 0.25) is 11.8 Å². The Hall–Kier alpha value is -2.66. The number of Topliss-reactive ketones (excluding diaryl/α,β-unsaturated/α-hetero) is 2. The van der Waals surface area contributed by atoms with Crippen LogP contribution in [0.15, 0.2) is 30.3 Å². The molecule has 4 atom stereocenters. The van der Waals surface area contributed by atoms with Crippen LogP contribution in [0.25, 0.3) is 0 Å². The van der Waals surface area contributed by atoms with Gasteiger partial charge in [0.25, 0.3) is 0 Å². The number of carbonyl (C=O) groups is 4. The molecule has 0 spiro atoms. The molecule has 2 saturated heterocycles. The number of epoxide rings is 1. The Morgan fingerprint density at radius 1 is 1.11 bits per heavy atom. The lowest BCUT2D eigenvalue weighted by atomic mass is 9.93. The van der Waals surface area contributed by atoms with Crippen molar-refractivity contribution in [3.8, 4) is 0 Å². The van der Waals surface area contributed by atoms with E-state index >= 15 is 0 Å². The highest BCUT2D eigenvalue weighted by molar-refractivity contribution is 5.98. The normalized spacial score (nSPS) is 22.2. The fourth-order valence-electron chi connectivity index (χ4n) is 4.15. The van der Waals surface area contributed by atoms with Crippen molar-refractivity contribution in [1.82, 2.24) is 15.5 Å². The van der Waals surface area contributed by atoms with E-state index in [-0.39, 0.29) is 37.0 Å². The lowest BCUT2D eigenvalue weighted by Gasteiger charge is -2.26. The zero-order valence-electron chi connectivity index (χ0n) is 21.3. The zero-order chi connectivity index (χ0) is 26.1. The molecule has 2 amide bonds. The number of amides is 2. The Morgan fingerprint density at radius 2 is 1.78 bits per heavy atom. The van der Waals surface area contributed by atoms with Crippen molar-refractivity contribution in [2.75, 3.05) is 53.2 Å². The zero-order valence-corrected chi connectivity index (χ0v) is 21.3. The summed E-state index contributed by atoms with van der Waals surface area (Å²) in [7, 11) is 1.45. The third kappa shape index (κ3) is 8.19. The van der Waals surface area contributed by atoms with Gasteiger partial charge < -0.3 is 24.8 Å². The molecule has 10 nitrogen and oxygen atoms in total. The number of nitrogens with zero attached hydrogens (tertiary/aromatic N) is 1. The molecular weight excluding hydrogens is 466 g/mol. The van der Waals surface area contributed by atoms with Crippen molar-refractivity contribution < 1.29 is 33.4 Å². The van der Waals surface area contributed by atoms with Crippen LogP contribution >= 0.6 is 0 Å². The summed E-state index contributed by atoms with van der Waals surface area (Å²) in [5.41, 5.74) is -0.00477. The summed E-state index contributed by atoms with van der Waals surface area (Å²) in [4.78, 5) is 53.5. The molecule has 0 aromatic heterocycles. The molecule has 3 rings (SSSR count). The monoisotopic (exact) mass is 503 g/mol. The summed E-state index contributed by atoms with van der Waals surface area (Å²) in [6.07, 6.45) is 0.185. The van der Waals surface area contributed by atoms with Crippen LogP contribution in [0.2, 0.25) is 0 Å². The van der Waals surface area contributed by atoms with Gasteiger partial charge in [-0.25, -0.2) is 0 Å². The Kier molecular flexibility index (Phi) is 10.1. The maximum absolute atomic E-state index is 13.2. The molecule has 0 radical (unpaired) electrons. The van der Waals surface area contributed by atoms with Crippen molar-refractivity contribution >= 4 is 23.4 Å². The van der Waals surface area contributed by atoms with Crippen molar-refractivity contribution in [2.24, 2.45) is 5.92 Å². The number of rotatable bonds is 14. The summed E-state index contributed by atoms with van der Waals surface area (Å²) in [6, 6.07) is 7.84. The number of nitrogens with one attached hydrogen (secondary N) is 2. The number of ketones is 2. The number of ether oxygens (including phenoxy) is 3. The van der Waals surface area contributed by atoms with Crippen LogP contribution in [0.5, 0.6) is 0 Å². The van der Waals surface area contributed by atoms with E-state index in [0.29, 0.717) is 39.3 Å². The second-order valence-corrected chi connectivity index (χ2v) is 9.64. The van der Waals surface area contributed by atoms with Gasteiger partial charge in [0, 0.05) is 26.6 Å².